The number of aliphatic hydroxyl groups excluding tert-OH is 1. The predicted molar refractivity (Wildman–Crippen MR) is 39.2 cm³/mol. The molecule has 1 N–H and O–H groups in total. The topological polar surface area (TPSA) is 60.1 Å². The Morgan fingerprint density at radius 2 is 2.45 bits per heavy atom. The summed E-state index contributed by atoms with van der Waals surface area (Å²) in [5, 5.41) is 12.3. The summed E-state index contributed by atoms with van der Waals surface area (Å²) in [4.78, 5) is 11.1. The molecule has 0 aliphatic carbocycles. The van der Waals surface area contributed by atoms with E-state index < -0.39 is 0 Å². The summed E-state index contributed by atoms with van der Waals surface area (Å²) < 4.78 is 2.72. The van der Waals surface area contributed by atoms with Crippen LogP contribution in [0, 0.1) is 0 Å². The minimum absolute atomic E-state index is 0.0549. The quantitative estimate of drug-likeness (QED) is 0.615. The van der Waals surface area contributed by atoms with Crippen LogP contribution in [0.3, 0.4) is 0 Å². The van der Waals surface area contributed by atoms with Crippen LogP contribution in [0.1, 0.15) is 6.92 Å². The number of hydrogen-bond acceptors (Lipinski definition) is 3. The lowest BCUT2D eigenvalue weighted by Crippen LogP contribution is -2.25. The number of rotatable bonds is 3. The van der Waals surface area contributed by atoms with Gasteiger partial charge in [-0.05, 0) is 6.92 Å². The Morgan fingerprint density at radius 1 is 1.73 bits per heavy atom. The van der Waals surface area contributed by atoms with Gasteiger partial charge in [0.2, 0.25) is 0 Å². The number of nitrogens with zero attached hydrogens (tertiary/aromatic N) is 3. The monoisotopic (exact) mass is 157 g/mol. The highest BCUT2D eigenvalue weighted by Gasteiger charge is 2.00. The molecule has 0 spiro atoms. The molecule has 5 heteroatoms. The van der Waals surface area contributed by atoms with Crippen molar-refractivity contribution in [1.29, 1.82) is 0 Å². The molecule has 0 radical (unpaired) electrons. The van der Waals surface area contributed by atoms with Crippen LogP contribution in [0.2, 0.25) is 0 Å². The van der Waals surface area contributed by atoms with Crippen LogP contribution < -0.4 is 5.69 Å². The van der Waals surface area contributed by atoms with E-state index in [2.05, 4.69) is 5.10 Å². The average molecular weight is 157 g/mol. The second kappa shape index (κ2) is 3.34. The van der Waals surface area contributed by atoms with Crippen molar-refractivity contribution in [3.63, 3.8) is 0 Å². The Hall–Kier alpha value is -1.10. The van der Waals surface area contributed by atoms with Crippen molar-refractivity contribution < 1.29 is 5.11 Å². The zero-order valence-electron chi connectivity index (χ0n) is 6.40. The maximum atomic E-state index is 11.1. The molecule has 1 rings (SSSR count). The van der Waals surface area contributed by atoms with Crippen molar-refractivity contribution in [2.75, 3.05) is 6.61 Å². The van der Waals surface area contributed by atoms with E-state index in [9.17, 15) is 4.79 Å². The van der Waals surface area contributed by atoms with Gasteiger partial charge in [-0.25, -0.2) is 9.48 Å². The Kier molecular flexibility index (Phi) is 2.43. The Bertz CT molecular complexity index is 276. The van der Waals surface area contributed by atoms with Crippen molar-refractivity contribution in [2.45, 2.75) is 20.0 Å². The third-order valence-electron chi connectivity index (χ3n) is 1.45. The van der Waals surface area contributed by atoms with Gasteiger partial charge in [0.05, 0.1) is 13.2 Å². The van der Waals surface area contributed by atoms with Crippen LogP contribution in [0.5, 0.6) is 0 Å². The fraction of sp³-hybridized carbons (Fsp3) is 0.667. The van der Waals surface area contributed by atoms with E-state index in [0.717, 1.165) is 0 Å². The van der Waals surface area contributed by atoms with Crippen molar-refractivity contribution in [3.8, 4) is 0 Å². The van der Waals surface area contributed by atoms with Gasteiger partial charge in [-0.2, -0.15) is 5.10 Å². The van der Waals surface area contributed by atoms with Crippen molar-refractivity contribution in [2.24, 2.45) is 0 Å². The molecule has 0 aliphatic heterocycles. The molecule has 0 aliphatic rings. The minimum Gasteiger partial charge on any atom is -0.394 e. The standard InChI is InChI=1S/C6H11N3O2/c1-2-8-5-7-9(3-4-10)6(8)11/h5,10H,2-4H2,1H3. The molecule has 5 nitrogen and oxygen atoms in total. The largest absolute Gasteiger partial charge is 0.394 e. The highest BCUT2D eigenvalue weighted by atomic mass is 16.3. The Balaban J connectivity index is 2.92. The van der Waals surface area contributed by atoms with Crippen molar-refractivity contribution in [3.05, 3.63) is 16.8 Å². The fourth-order valence-electron chi connectivity index (χ4n) is 0.837. The van der Waals surface area contributed by atoms with Crippen LogP contribution in [0.25, 0.3) is 0 Å². The highest BCUT2D eigenvalue weighted by Crippen LogP contribution is 1.78. The lowest BCUT2D eigenvalue weighted by atomic mass is 10.7. The molecule has 1 heterocycles. The van der Waals surface area contributed by atoms with E-state index in [1.54, 1.807) is 0 Å². The van der Waals surface area contributed by atoms with Crippen LogP contribution >= 0.6 is 0 Å². The summed E-state index contributed by atoms with van der Waals surface area (Å²) in [6.07, 6.45) is 1.47. The molecule has 0 bridgehead atoms. The number of hydrogen-bond donors (Lipinski definition) is 1. The first-order valence-corrected chi connectivity index (χ1v) is 3.52. The van der Waals surface area contributed by atoms with E-state index in [1.165, 1.54) is 15.6 Å². The van der Waals surface area contributed by atoms with E-state index >= 15 is 0 Å². The normalized spacial score (nSPS) is 10.4. The molecule has 0 fully saturated rings. The van der Waals surface area contributed by atoms with E-state index in [4.69, 9.17) is 5.11 Å². The molecule has 62 valence electrons. The van der Waals surface area contributed by atoms with Crippen LogP contribution in [-0.2, 0) is 13.1 Å². The zero-order chi connectivity index (χ0) is 8.27. The first-order valence-electron chi connectivity index (χ1n) is 3.52. The SMILES string of the molecule is CCn1cnn(CCO)c1=O. The first kappa shape index (κ1) is 8.00. The molecular weight excluding hydrogens is 146 g/mol. The highest BCUT2D eigenvalue weighted by molar-refractivity contribution is 4.66. The fourth-order valence-corrected chi connectivity index (χ4v) is 0.837. The van der Waals surface area contributed by atoms with Crippen LogP contribution in [0.15, 0.2) is 11.1 Å². The lowest BCUT2D eigenvalue weighted by Gasteiger charge is -1.93. The molecule has 1 aromatic heterocycles. The third kappa shape index (κ3) is 1.48. The van der Waals surface area contributed by atoms with Crippen LogP contribution in [-0.4, -0.2) is 26.1 Å². The molecule has 11 heavy (non-hydrogen) atoms. The van der Waals surface area contributed by atoms with Gasteiger partial charge in [-0.15, -0.1) is 0 Å². The van der Waals surface area contributed by atoms with E-state index in [0.29, 0.717) is 6.54 Å². The molecule has 0 saturated carbocycles. The molecule has 1 aromatic rings. The third-order valence-corrected chi connectivity index (χ3v) is 1.45. The van der Waals surface area contributed by atoms with Gasteiger partial charge in [-0.1, -0.05) is 0 Å². The summed E-state index contributed by atoms with van der Waals surface area (Å²) in [6.45, 7) is 2.70. The van der Waals surface area contributed by atoms with Gasteiger partial charge in [0.25, 0.3) is 0 Å². The summed E-state index contributed by atoms with van der Waals surface area (Å²) >= 11 is 0. The number of aliphatic hydroxyl groups is 1. The maximum Gasteiger partial charge on any atom is 0.345 e. The van der Waals surface area contributed by atoms with Gasteiger partial charge < -0.3 is 5.11 Å². The van der Waals surface area contributed by atoms with Gasteiger partial charge in [0, 0.05) is 6.54 Å². The molecule has 0 amide bonds. The van der Waals surface area contributed by atoms with Crippen molar-refractivity contribution >= 4 is 0 Å². The Morgan fingerprint density at radius 3 is 2.91 bits per heavy atom. The summed E-state index contributed by atoms with van der Waals surface area (Å²) in [7, 11) is 0. The molecule has 0 saturated heterocycles. The number of aromatic nitrogens is 3. The van der Waals surface area contributed by atoms with Crippen molar-refractivity contribution in [1.82, 2.24) is 14.3 Å². The van der Waals surface area contributed by atoms with E-state index in [1.807, 2.05) is 6.92 Å². The van der Waals surface area contributed by atoms with Gasteiger partial charge in [-0.3, -0.25) is 4.57 Å². The smallest absolute Gasteiger partial charge is 0.345 e. The molecule has 0 atom stereocenters. The lowest BCUT2D eigenvalue weighted by molar-refractivity contribution is 0.266. The second-order valence-electron chi connectivity index (χ2n) is 2.15. The maximum absolute atomic E-state index is 11.1. The van der Waals surface area contributed by atoms with Gasteiger partial charge in [0.15, 0.2) is 0 Å². The van der Waals surface area contributed by atoms with E-state index in [-0.39, 0.29) is 18.8 Å². The van der Waals surface area contributed by atoms with Gasteiger partial charge >= 0.3 is 5.69 Å². The average Bonchev–Trinajstić information content (AvgIpc) is 2.34. The molecular formula is C6H11N3O2. The summed E-state index contributed by atoms with van der Waals surface area (Å²) in [5.41, 5.74) is -0.165. The first-order chi connectivity index (χ1) is 5.29. The molecule has 0 aromatic carbocycles. The Labute approximate surface area is 63.9 Å². The number of aryl methyl sites for hydroxylation is 1. The summed E-state index contributed by atoms with van der Waals surface area (Å²) in [6, 6.07) is 0. The minimum atomic E-state index is -0.165. The zero-order valence-corrected chi connectivity index (χ0v) is 6.40. The molecule has 0 unspecified atom stereocenters. The van der Waals surface area contributed by atoms with Crippen LogP contribution in [0.4, 0.5) is 0 Å². The van der Waals surface area contributed by atoms with Gasteiger partial charge in [0.1, 0.15) is 6.33 Å². The second-order valence-corrected chi connectivity index (χ2v) is 2.15. The summed E-state index contributed by atoms with van der Waals surface area (Å²) in [5.74, 6) is 0. The predicted octanol–water partition coefficient (Wildman–Crippen LogP) is -0.943.